The van der Waals surface area contributed by atoms with Crippen LogP contribution in [0.3, 0.4) is 0 Å². The van der Waals surface area contributed by atoms with Crippen molar-refractivity contribution in [2.24, 2.45) is 0 Å². The number of carbonyl (C=O) groups excluding carboxylic acids is 3. The maximum absolute atomic E-state index is 12.8. The predicted octanol–water partition coefficient (Wildman–Crippen LogP) is 19.2. The normalized spacial score (nSPS) is 12.7. The van der Waals surface area contributed by atoms with Crippen LogP contribution >= 0.6 is 0 Å². The van der Waals surface area contributed by atoms with E-state index in [1.54, 1.807) is 0 Å². The zero-order valence-electron chi connectivity index (χ0n) is 44.6. The van der Waals surface area contributed by atoms with Crippen LogP contribution in [0.2, 0.25) is 0 Å². The van der Waals surface area contributed by atoms with Gasteiger partial charge in [0.15, 0.2) is 6.10 Å². The topological polar surface area (TPSA) is 78.9 Å². The Morgan fingerprint density at radius 1 is 0.309 bits per heavy atom. The highest BCUT2D eigenvalue weighted by molar-refractivity contribution is 5.71. The van der Waals surface area contributed by atoms with Crippen molar-refractivity contribution in [2.45, 2.75) is 277 Å². The second kappa shape index (κ2) is 56.2. The van der Waals surface area contributed by atoms with E-state index in [1.165, 1.54) is 116 Å². The number of hydrogen-bond donors (Lipinski definition) is 0. The number of unbranched alkanes of at least 4 members (excludes halogenated alkanes) is 26. The number of rotatable bonds is 51. The van der Waals surface area contributed by atoms with Crippen LogP contribution in [-0.2, 0) is 28.6 Å². The average Bonchev–Trinajstić information content (AvgIpc) is 3.34. The lowest BCUT2D eigenvalue weighted by atomic mass is 10.1. The molecule has 0 heterocycles. The summed E-state index contributed by atoms with van der Waals surface area (Å²) in [5, 5.41) is 0. The highest BCUT2D eigenvalue weighted by Gasteiger charge is 2.19. The van der Waals surface area contributed by atoms with Gasteiger partial charge in [0, 0.05) is 19.3 Å². The van der Waals surface area contributed by atoms with E-state index in [2.05, 4.69) is 106 Å². The van der Waals surface area contributed by atoms with E-state index >= 15 is 0 Å². The van der Waals surface area contributed by atoms with Crippen molar-refractivity contribution in [1.29, 1.82) is 0 Å². The van der Waals surface area contributed by atoms with E-state index in [4.69, 9.17) is 14.2 Å². The molecule has 0 spiro atoms. The van der Waals surface area contributed by atoms with Gasteiger partial charge in [0.1, 0.15) is 13.2 Å². The largest absolute Gasteiger partial charge is 0.462 e. The molecule has 0 saturated heterocycles. The second-order valence-corrected chi connectivity index (χ2v) is 18.8. The summed E-state index contributed by atoms with van der Waals surface area (Å²) in [5.74, 6) is -0.903. The fraction of sp³-hybridized carbons (Fsp3) is 0.726. The van der Waals surface area contributed by atoms with E-state index in [0.717, 1.165) is 116 Å². The van der Waals surface area contributed by atoms with Crippen molar-refractivity contribution in [2.75, 3.05) is 13.2 Å². The molecule has 0 rings (SSSR count). The first-order valence-electron chi connectivity index (χ1n) is 28.6. The van der Waals surface area contributed by atoms with E-state index in [0.29, 0.717) is 19.3 Å². The Hall–Kier alpha value is -3.41. The predicted molar refractivity (Wildman–Crippen MR) is 293 cm³/mol. The number of ether oxygens (including phenoxy) is 3. The zero-order chi connectivity index (χ0) is 49.3. The van der Waals surface area contributed by atoms with Gasteiger partial charge in [-0.2, -0.15) is 0 Å². The molecule has 0 radical (unpaired) electrons. The van der Waals surface area contributed by atoms with Crippen LogP contribution < -0.4 is 0 Å². The third-order valence-corrected chi connectivity index (χ3v) is 12.1. The van der Waals surface area contributed by atoms with Crippen molar-refractivity contribution < 1.29 is 28.6 Å². The summed E-state index contributed by atoms with van der Waals surface area (Å²) in [4.78, 5) is 38.1. The molecule has 390 valence electrons. The average molecular weight is 948 g/mol. The second-order valence-electron chi connectivity index (χ2n) is 18.8. The molecule has 0 bridgehead atoms. The molecule has 6 heteroatoms. The third kappa shape index (κ3) is 53.5. The number of esters is 3. The number of allylic oxidation sites excluding steroid dienone is 14. The summed E-state index contributed by atoms with van der Waals surface area (Å²) >= 11 is 0. The first-order valence-corrected chi connectivity index (χ1v) is 28.6. The van der Waals surface area contributed by atoms with E-state index < -0.39 is 6.10 Å². The lowest BCUT2D eigenvalue weighted by molar-refractivity contribution is -0.167. The summed E-state index contributed by atoms with van der Waals surface area (Å²) in [5.41, 5.74) is 0. The molecule has 0 aliphatic carbocycles. The van der Waals surface area contributed by atoms with Crippen molar-refractivity contribution in [3.8, 4) is 0 Å². The summed E-state index contributed by atoms with van der Waals surface area (Å²) < 4.78 is 16.8. The van der Waals surface area contributed by atoms with Gasteiger partial charge in [-0.25, -0.2) is 0 Å². The minimum absolute atomic E-state index is 0.0830. The van der Waals surface area contributed by atoms with Gasteiger partial charge in [-0.1, -0.05) is 241 Å². The zero-order valence-corrected chi connectivity index (χ0v) is 44.6. The SMILES string of the molecule is CC/C=C\C/C=C\C/C=C\C/C=C\C/C=C\CCCCCCCC(=O)OCC(COC(=O)CCCCCCCCCCCC)OC(=O)CCCCCCCCCCC/C=C\C/C=C\CCCCC. The molecule has 0 saturated carbocycles. The molecule has 0 aliphatic rings. The molecule has 0 aliphatic heterocycles. The molecule has 68 heavy (non-hydrogen) atoms. The van der Waals surface area contributed by atoms with Crippen molar-refractivity contribution >= 4 is 17.9 Å². The summed E-state index contributed by atoms with van der Waals surface area (Å²) in [6, 6.07) is 0. The summed E-state index contributed by atoms with van der Waals surface area (Å²) in [6.07, 6.45) is 72.8. The Labute approximate surface area is 420 Å². The smallest absolute Gasteiger partial charge is 0.306 e. The molecule has 0 aromatic carbocycles. The van der Waals surface area contributed by atoms with Gasteiger partial charge in [-0.05, 0) is 96.3 Å². The Balaban J connectivity index is 4.36. The van der Waals surface area contributed by atoms with Gasteiger partial charge in [-0.15, -0.1) is 0 Å². The van der Waals surface area contributed by atoms with Crippen LogP contribution in [-0.4, -0.2) is 37.2 Å². The molecular weight excluding hydrogens is 841 g/mol. The van der Waals surface area contributed by atoms with E-state index in [9.17, 15) is 14.4 Å². The lowest BCUT2D eigenvalue weighted by Gasteiger charge is -2.18. The number of carbonyl (C=O) groups is 3. The molecule has 0 fully saturated rings. The van der Waals surface area contributed by atoms with Crippen LogP contribution in [0.1, 0.15) is 271 Å². The van der Waals surface area contributed by atoms with Crippen LogP contribution in [0, 0.1) is 0 Å². The van der Waals surface area contributed by atoms with Crippen molar-refractivity contribution in [1.82, 2.24) is 0 Å². The highest BCUT2D eigenvalue weighted by Crippen LogP contribution is 2.15. The Bertz CT molecular complexity index is 1320. The minimum Gasteiger partial charge on any atom is -0.462 e. The third-order valence-electron chi connectivity index (χ3n) is 12.1. The van der Waals surface area contributed by atoms with Gasteiger partial charge >= 0.3 is 17.9 Å². The van der Waals surface area contributed by atoms with Crippen molar-refractivity contribution in [3.63, 3.8) is 0 Å². The molecule has 1 atom stereocenters. The molecule has 6 nitrogen and oxygen atoms in total. The quantitative estimate of drug-likeness (QED) is 0.0262. The fourth-order valence-electron chi connectivity index (χ4n) is 7.85. The maximum Gasteiger partial charge on any atom is 0.306 e. The van der Waals surface area contributed by atoms with Crippen LogP contribution in [0.15, 0.2) is 85.1 Å². The summed E-state index contributed by atoms with van der Waals surface area (Å²) in [6.45, 7) is 6.48. The molecule has 0 N–H and O–H groups in total. The van der Waals surface area contributed by atoms with Crippen LogP contribution in [0.5, 0.6) is 0 Å². The molecular formula is C62H106O6. The Morgan fingerprint density at radius 2 is 0.574 bits per heavy atom. The monoisotopic (exact) mass is 947 g/mol. The van der Waals surface area contributed by atoms with Crippen LogP contribution in [0.25, 0.3) is 0 Å². The van der Waals surface area contributed by atoms with Gasteiger partial charge in [0.05, 0.1) is 0 Å². The molecule has 1 unspecified atom stereocenters. The van der Waals surface area contributed by atoms with Gasteiger partial charge < -0.3 is 14.2 Å². The van der Waals surface area contributed by atoms with Crippen molar-refractivity contribution in [3.05, 3.63) is 85.1 Å². The van der Waals surface area contributed by atoms with Gasteiger partial charge in [0.2, 0.25) is 0 Å². The Kier molecular flexibility index (Phi) is 53.4. The molecule has 0 aromatic rings. The molecule has 0 amide bonds. The Morgan fingerprint density at radius 3 is 0.926 bits per heavy atom. The lowest BCUT2D eigenvalue weighted by Crippen LogP contribution is -2.30. The standard InChI is InChI=1S/C62H106O6/c1-4-7-10-13-16-19-22-24-26-28-30-31-33-34-36-38-40-43-46-49-52-55-61(64)67-58-59(57-66-60(63)54-51-48-45-42-21-18-15-12-9-6-3)68-62(65)56-53-50-47-44-41-39-37-35-32-29-27-25-23-20-17-14-11-8-5-2/h7,10,16-17,19-20,24-27,30-31,34,36,59H,4-6,8-9,11-15,18,21-23,28-29,32-33,35,37-58H2,1-3H3/b10-7-,19-16-,20-17-,26-24-,27-25-,31-30-,36-34-. The molecule has 0 aromatic heterocycles. The van der Waals surface area contributed by atoms with Gasteiger partial charge in [0.25, 0.3) is 0 Å². The first kappa shape index (κ1) is 64.6. The van der Waals surface area contributed by atoms with Crippen LogP contribution in [0.4, 0.5) is 0 Å². The first-order chi connectivity index (χ1) is 33.5. The fourth-order valence-corrected chi connectivity index (χ4v) is 7.85. The maximum atomic E-state index is 12.8. The summed E-state index contributed by atoms with van der Waals surface area (Å²) in [7, 11) is 0. The van der Waals surface area contributed by atoms with E-state index in [-0.39, 0.29) is 31.1 Å². The minimum atomic E-state index is -0.785. The van der Waals surface area contributed by atoms with E-state index in [1.807, 2.05) is 0 Å². The highest BCUT2D eigenvalue weighted by atomic mass is 16.6. The van der Waals surface area contributed by atoms with Gasteiger partial charge in [-0.3, -0.25) is 14.4 Å². The number of hydrogen-bond acceptors (Lipinski definition) is 6.